The van der Waals surface area contributed by atoms with Gasteiger partial charge < -0.3 is 5.32 Å². The van der Waals surface area contributed by atoms with E-state index in [1.807, 2.05) is 6.07 Å². The SMILES string of the molecule is N#Cc1csc(CNc2ccc(Cl)cc2C(F)(F)F)c1. The third-order valence-corrected chi connectivity index (χ3v) is 3.69. The summed E-state index contributed by atoms with van der Waals surface area (Å²) in [5, 5.41) is 13.1. The lowest BCUT2D eigenvalue weighted by atomic mass is 10.1. The Hall–Kier alpha value is -1.71. The minimum atomic E-state index is -4.47. The molecule has 0 aliphatic carbocycles. The van der Waals surface area contributed by atoms with Crippen LogP contribution in [-0.2, 0) is 12.7 Å². The largest absolute Gasteiger partial charge is 0.418 e. The fraction of sp³-hybridized carbons (Fsp3) is 0.154. The standard InChI is InChI=1S/C13H8ClF3N2S/c14-9-1-2-12(11(4-9)13(15,16)17)19-6-10-3-8(5-18)7-20-10/h1-4,7,19H,6H2. The van der Waals surface area contributed by atoms with Crippen LogP contribution in [0.3, 0.4) is 0 Å². The van der Waals surface area contributed by atoms with Gasteiger partial charge in [-0.15, -0.1) is 11.3 Å². The van der Waals surface area contributed by atoms with Crippen LogP contribution in [0.5, 0.6) is 0 Å². The second kappa shape index (κ2) is 5.73. The normalized spacial score (nSPS) is 11.2. The second-order valence-electron chi connectivity index (χ2n) is 3.95. The van der Waals surface area contributed by atoms with Crippen LogP contribution in [0.2, 0.25) is 5.02 Å². The van der Waals surface area contributed by atoms with Crippen LogP contribution in [0.25, 0.3) is 0 Å². The summed E-state index contributed by atoms with van der Waals surface area (Å²) in [6.07, 6.45) is -4.47. The molecule has 1 aromatic heterocycles. The van der Waals surface area contributed by atoms with Gasteiger partial charge in [0.1, 0.15) is 6.07 Å². The highest BCUT2D eigenvalue weighted by Crippen LogP contribution is 2.36. The smallest absolute Gasteiger partial charge is 0.380 e. The van der Waals surface area contributed by atoms with E-state index in [1.54, 1.807) is 11.4 Å². The van der Waals surface area contributed by atoms with Crippen molar-refractivity contribution in [1.29, 1.82) is 5.26 Å². The molecule has 2 nitrogen and oxygen atoms in total. The molecule has 20 heavy (non-hydrogen) atoms. The van der Waals surface area contributed by atoms with Crippen molar-refractivity contribution in [2.24, 2.45) is 0 Å². The molecule has 1 N–H and O–H groups in total. The third kappa shape index (κ3) is 3.44. The average Bonchev–Trinajstić information content (AvgIpc) is 2.84. The maximum atomic E-state index is 12.9. The highest BCUT2D eigenvalue weighted by Gasteiger charge is 2.33. The lowest BCUT2D eigenvalue weighted by Gasteiger charge is -2.14. The summed E-state index contributed by atoms with van der Waals surface area (Å²) < 4.78 is 38.6. The van der Waals surface area contributed by atoms with E-state index in [0.717, 1.165) is 10.9 Å². The summed E-state index contributed by atoms with van der Waals surface area (Å²) in [4.78, 5) is 0.782. The molecule has 0 fully saturated rings. The quantitative estimate of drug-likeness (QED) is 0.873. The summed E-state index contributed by atoms with van der Waals surface area (Å²) in [5.74, 6) is 0. The fourth-order valence-electron chi connectivity index (χ4n) is 1.62. The Balaban J connectivity index is 2.19. The molecule has 0 aliphatic heterocycles. The van der Waals surface area contributed by atoms with E-state index in [9.17, 15) is 13.2 Å². The van der Waals surface area contributed by atoms with Crippen molar-refractivity contribution in [1.82, 2.24) is 0 Å². The zero-order valence-corrected chi connectivity index (χ0v) is 11.5. The molecule has 2 aromatic rings. The molecule has 104 valence electrons. The van der Waals surface area contributed by atoms with Crippen LogP contribution in [-0.4, -0.2) is 0 Å². The van der Waals surface area contributed by atoms with Gasteiger partial charge in [0.2, 0.25) is 0 Å². The highest BCUT2D eigenvalue weighted by atomic mass is 35.5. The number of halogens is 4. The number of nitrogens with one attached hydrogen (secondary N) is 1. The van der Waals surface area contributed by atoms with Gasteiger partial charge in [-0.1, -0.05) is 11.6 Å². The van der Waals surface area contributed by atoms with Gasteiger partial charge in [-0.3, -0.25) is 0 Å². The van der Waals surface area contributed by atoms with Crippen molar-refractivity contribution in [3.63, 3.8) is 0 Å². The van der Waals surface area contributed by atoms with Gasteiger partial charge in [-0.2, -0.15) is 18.4 Å². The van der Waals surface area contributed by atoms with Crippen molar-refractivity contribution in [2.45, 2.75) is 12.7 Å². The molecule has 0 spiro atoms. The Kier molecular flexibility index (Phi) is 4.21. The first kappa shape index (κ1) is 14.7. The lowest BCUT2D eigenvalue weighted by molar-refractivity contribution is -0.136. The molecule has 0 aliphatic rings. The molecule has 0 saturated heterocycles. The molecule has 1 heterocycles. The Bertz CT molecular complexity index is 658. The fourth-order valence-corrected chi connectivity index (χ4v) is 2.54. The van der Waals surface area contributed by atoms with Crippen molar-refractivity contribution < 1.29 is 13.2 Å². The Morgan fingerprint density at radius 1 is 1.30 bits per heavy atom. The zero-order chi connectivity index (χ0) is 14.8. The molecule has 7 heteroatoms. The Labute approximate surface area is 122 Å². The number of nitriles is 1. The first-order chi connectivity index (χ1) is 9.40. The first-order valence-electron chi connectivity index (χ1n) is 5.48. The van der Waals surface area contributed by atoms with Crippen LogP contribution in [0.1, 0.15) is 16.0 Å². The van der Waals surface area contributed by atoms with E-state index in [-0.39, 0.29) is 17.3 Å². The van der Waals surface area contributed by atoms with Gasteiger partial charge in [0.15, 0.2) is 0 Å². The van der Waals surface area contributed by atoms with E-state index in [1.165, 1.54) is 23.5 Å². The number of hydrogen-bond donors (Lipinski definition) is 1. The van der Waals surface area contributed by atoms with E-state index < -0.39 is 11.7 Å². The number of nitrogens with zero attached hydrogens (tertiary/aromatic N) is 1. The van der Waals surface area contributed by atoms with Crippen LogP contribution in [0.15, 0.2) is 29.6 Å². The Morgan fingerprint density at radius 2 is 2.05 bits per heavy atom. The molecule has 0 atom stereocenters. The monoisotopic (exact) mass is 316 g/mol. The minimum absolute atomic E-state index is 0.0331. The number of thiophene rings is 1. The first-order valence-corrected chi connectivity index (χ1v) is 6.74. The van der Waals surface area contributed by atoms with E-state index in [4.69, 9.17) is 16.9 Å². The zero-order valence-electron chi connectivity index (χ0n) is 9.96. The third-order valence-electron chi connectivity index (χ3n) is 2.52. The number of benzene rings is 1. The summed E-state index contributed by atoms with van der Waals surface area (Å²) in [7, 11) is 0. The van der Waals surface area contributed by atoms with E-state index >= 15 is 0 Å². The minimum Gasteiger partial charge on any atom is -0.380 e. The summed E-state index contributed by atoms with van der Waals surface area (Å²) in [5.41, 5.74) is -0.338. The Morgan fingerprint density at radius 3 is 2.65 bits per heavy atom. The van der Waals surface area contributed by atoms with Crippen LogP contribution < -0.4 is 5.32 Å². The predicted octanol–water partition coefficient (Wildman–Crippen LogP) is 4.90. The highest BCUT2D eigenvalue weighted by molar-refractivity contribution is 7.10. The molecule has 0 amide bonds. The van der Waals surface area contributed by atoms with Crippen LogP contribution in [0, 0.1) is 11.3 Å². The predicted molar refractivity (Wildman–Crippen MR) is 72.8 cm³/mol. The van der Waals surface area contributed by atoms with Crippen molar-refractivity contribution in [3.05, 3.63) is 50.7 Å². The maximum absolute atomic E-state index is 12.9. The van der Waals surface area contributed by atoms with Gasteiger partial charge >= 0.3 is 6.18 Å². The summed E-state index contributed by atoms with van der Waals surface area (Å²) in [6.45, 7) is 0.219. The van der Waals surface area contributed by atoms with E-state index in [2.05, 4.69) is 5.32 Å². The van der Waals surface area contributed by atoms with Gasteiger partial charge in [-0.05, 0) is 24.3 Å². The van der Waals surface area contributed by atoms with Gasteiger partial charge in [0, 0.05) is 27.5 Å². The van der Waals surface area contributed by atoms with Crippen molar-refractivity contribution >= 4 is 28.6 Å². The van der Waals surface area contributed by atoms with E-state index in [0.29, 0.717) is 5.56 Å². The van der Waals surface area contributed by atoms with Crippen LogP contribution >= 0.6 is 22.9 Å². The molecule has 2 rings (SSSR count). The van der Waals surface area contributed by atoms with Crippen LogP contribution in [0.4, 0.5) is 18.9 Å². The molecule has 0 radical (unpaired) electrons. The number of anilines is 1. The number of alkyl halides is 3. The average molecular weight is 317 g/mol. The number of hydrogen-bond acceptors (Lipinski definition) is 3. The molecule has 0 bridgehead atoms. The van der Waals surface area contributed by atoms with Gasteiger partial charge in [-0.25, -0.2) is 0 Å². The topological polar surface area (TPSA) is 35.8 Å². The molecule has 0 saturated carbocycles. The number of rotatable bonds is 3. The molecule has 0 unspecified atom stereocenters. The molecule has 1 aromatic carbocycles. The maximum Gasteiger partial charge on any atom is 0.418 e. The van der Waals surface area contributed by atoms with Crippen molar-refractivity contribution in [2.75, 3.05) is 5.32 Å². The second-order valence-corrected chi connectivity index (χ2v) is 5.39. The molecular weight excluding hydrogens is 309 g/mol. The van der Waals surface area contributed by atoms with Gasteiger partial charge in [0.25, 0.3) is 0 Å². The summed E-state index contributed by atoms with van der Waals surface area (Å²) in [6, 6.07) is 7.19. The lowest BCUT2D eigenvalue weighted by Crippen LogP contribution is -2.10. The molecular formula is C13H8ClF3N2S. The van der Waals surface area contributed by atoms with Crippen molar-refractivity contribution in [3.8, 4) is 6.07 Å². The summed E-state index contributed by atoms with van der Waals surface area (Å²) >= 11 is 6.92. The van der Waals surface area contributed by atoms with Gasteiger partial charge in [0.05, 0.1) is 11.1 Å².